The van der Waals surface area contributed by atoms with Crippen LogP contribution in [0.3, 0.4) is 0 Å². The van der Waals surface area contributed by atoms with E-state index >= 15 is 0 Å². The van der Waals surface area contributed by atoms with Gasteiger partial charge < -0.3 is 0 Å². The number of hydrogen-bond acceptors (Lipinski definition) is 2. The summed E-state index contributed by atoms with van der Waals surface area (Å²) >= 11 is 0. The minimum Gasteiger partial charge on any atom is -0.294 e. The minimum absolute atomic E-state index is 0.875. The van der Waals surface area contributed by atoms with E-state index < -0.39 is 0 Å². The maximum atomic E-state index is 5.27. The molecule has 220 valence electrons. The Morgan fingerprint density at radius 3 is 1.62 bits per heavy atom. The summed E-state index contributed by atoms with van der Waals surface area (Å²) in [4.78, 5) is 10.4. The number of benzene rings is 6. The van der Waals surface area contributed by atoms with Gasteiger partial charge in [-0.3, -0.25) is 22.5 Å². The van der Waals surface area contributed by atoms with E-state index in [2.05, 4.69) is 168 Å². The predicted molar refractivity (Wildman–Crippen MR) is 189 cm³/mol. The molecule has 7 nitrogen and oxygen atoms in total. The summed E-state index contributed by atoms with van der Waals surface area (Å²) in [6.07, 6.45) is 0. The fourth-order valence-electron chi connectivity index (χ4n) is 7.55. The standard InChI is InChI=1S/C40H25N7/c1-3-13-26(14-4-1)43-32-20-10-7-17-29(32)37-38(43)47-34-22-12-9-19-31(34)42-40(47)45(37)28-23-24-35-36(25-28)46-33-21-11-8-18-30(33)41-39(46)44(35)27-15-5-2-6-16-27/h1-25H. The molecule has 5 aromatic heterocycles. The zero-order chi connectivity index (χ0) is 30.6. The molecule has 47 heavy (non-hydrogen) atoms. The topological polar surface area (TPSA) is 49.4 Å². The summed E-state index contributed by atoms with van der Waals surface area (Å²) in [7, 11) is 0. The van der Waals surface area contributed by atoms with Crippen LogP contribution in [-0.4, -0.2) is 32.5 Å². The van der Waals surface area contributed by atoms with E-state index in [0.717, 1.165) is 78.4 Å². The molecule has 11 aromatic rings. The Morgan fingerprint density at radius 2 is 0.915 bits per heavy atom. The molecule has 0 aliphatic carbocycles. The second-order valence-corrected chi connectivity index (χ2v) is 12.0. The predicted octanol–water partition coefficient (Wildman–Crippen LogP) is 9.12. The van der Waals surface area contributed by atoms with Crippen LogP contribution in [0.25, 0.3) is 83.8 Å². The summed E-state index contributed by atoms with van der Waals surface area (Å²) in [5, 5.41) is 1.17. The molecule has 0 spiro atoms. The highest BCUT2D eigenvalue weighted by Gasteiger charge is 2.26. The molecule has 0 unspecified atom stereocenters. The Hall–Kier alpha value is -6.60. The van der Waals surface area contributed by atoms with Gasteiger partial charge in [0.15, 0.2) is 5.65 Å². The number of hydrogen-bond donors (Lipinski definition) is 0. The van der Waals surface area contributed by atoms with Gasteiger partial charge in [-0.1, -0.05) is 78.9 Å². The van der Waals surface area contributed by atoms with E-state index in [4.69, 9.17) is 9.97 Å². The van der Waals surface area contributed by atoms with Gasteiger partial charge in [0.25, 0.3) is 0 Å². The van der Waals surface area contributed by atoms with Crippen LogP contribution in [0.2, 0.25) is 0 Å². The van der Waals surface area contributed by atoms with Crippen molar-refractivity contribution < 1.29 is 0 Å². The molecule has 6 aromatic carbocycles. The van der Waals surface area contributed by atoms with Crippen molar-refractivity contribution in [1.82, 2.24) is 32.5 Å². The van der Waals surface area contributed by atoms with E-state index in [1.165, 1.54) is 5.39 Å². The largest absolute Gasteiger partial charge is 0.294 e. The average Bonchev–Trinajstić information content (AvgIpc) is 3.91. The molecule has 0 atom stereocenters. The van der Waals surface area contributed by atoms with Gasteiger partial charge in [0.1, 0.15) is 5.52 Å². The molecule has 5 heterocycles. The number of nitrogens with zero attached hydrogens (tertiary/aromatic N) is 7. The Bertz CT molecular complexity index is 3010. The highest BCUT2D eigenvalue weighted by molar-refractivity contribution is 6.10. The van der Waals surface area contributed by atoms with Gasteiger partial charge in [0.2, 0.25) is 11.6 Å². The first-order valence-corrected chi connectivity index (χ1v) is 15.8. The fourth-order valence-corrected chi connectivity index (χ4v) is 7.55. The monoisotopic (exact) mass is 603 g/mol. The number of fused-ring (bicyclic) bond motifs is 12. The molecular weight excluding hydrogens is 578 g/mol. The summed E-state index contributed by atoms with van der Waals surface area (Å²) < 4.78 is 11.6. The van der Waals surface area contributed by atoms with Crippen LogP contribution in [0, 0.1) is 0 Å². The Labute approximate surface area is 267 Å². The zero-order valence-corrected chi connectivity index (χ0v) is 25.1. The lowest BCUT2D eigenvalue weighted by molar-refractivity contribution is 1.09. The molecule has 11 rings (SSSR count). The molecule has 0 aliphatic heterocycles. The second-order valence-electron chi connectivity index (χ2n) is 12.0. The maximum Gasteiger partial charge on any atom is 0.221 e. The summed E-state index contributed by atoms with van der Waals surface area (Å²) in [6, 6.07) is 53.3. The van der Waals surface area contributed by atoms with E-state index in [1.54, 1.807) is 0 Å². The molecule has 7 heteroatoms. The number of aromatic nitrogens is 7. The van der Waals surface area contributed by atoms with Crippen LogP contribution in [-0.2, 0) is 0 Å². The van der Waals surface area contributed by atoms with E-state index in [9.17, 15) is 0 Å². The Balaban J connectivity index is 1.33. The summed E-state index contributed by atoms with van der Waals surface area (Å²) in [5.74, 6) is 1.76. The van der Waals surface area contributed by atoms with Gasteiger partial charge in [-0.25, -0.2) is 9.97 Å². The first-order valence-electron chi connectivity index (χ1n) is 15.8. The smallest absolute Gasteiger partial charge is 0.221 e. The third-order valence-corrected chi connectivity index (χ3v) is 9.47. The highest BCUT2D eigenvalue weighted by atomic mass is 15.3. The first kappa shape index (κ1) is 24.7. The van der Waals surface area contributed by atoms with Crippen molar-refractivity contribution in [2.75, 3.05) is 0 Å². The zero-order valence-electron chi connectivity index (χ0n) is 25.1. The van der Waals surface area contributed by atoms with Gasteiger partial charge in [0, 0.05) is 16.8 Å². The SMILES string of the molecule is c1ccc(-n2c3ccc(-n4c5c6ccccc6n(-c6ccccc6)c5n5c6ccccc6nc45)cc3n3c4ccccc4nc23)cc1. The highest BCUT2D eigenvalue weighted by Crippen LogP contribution is 2.39. The molecule has 0 saturated heterocycles. The Kier molecular flexibility index (Phi) is 4.72. The van der Waals surface area contributed by atoms with Crippen molar-refractivity contribution >= 4 is 66.7 Å². The normalized spacial score (nSPS) is 12.3. The molecule has 0 amide bonds. The van der Waals surface area contributed by atoms with Crippen LogP contribution in [0.5, 0.6) is 0 Å². The van der Waals surface area contributed by atoms with Crippen LogP contribution in [0.15, 0.2) is 152 Å². The lowest BCUT2D eigenvalue weighted by atomic mass is 10.2. The lowest BCUT2D eigenvalue weighted by Crippen LogP contribution is -1.98. The summed E-state index contributed by atoms with van der Waals surface area (Å²) in [5.41, 5.74) is 12.8. The van der Waals surface area contributed by atoms with Crippen molar-refractivity contribution in [2.45, 2.75) is 0 Å². The molecular formula is C40H25N7. The molecule has 0 saturated carbocycles. The third kappa shape index (κ3) is 3.19. The van der Waals surface area contributed by atoms with Crippen molar-refractivity contribution in [3.05, 3.63) is 152 Å². The molecule has 0 bridgehead atoms. The van der Waals surface area contributed by atoms with Gasteiger partial charge in [-0.05, 0) is 72.8 Å². The van der Waals surface area contributed by atoms with Crippen LogP contribution < -0.4 is 0 Å². The second kappa shape index (κ2) is 8.99. The number of rotatable bonds is 3. The van der Waals surface area contributed by atoms with Crippen molar-refractivity contribution in [2.24, 2.45) is 0 Å². The minimum atomic E-state index is 0.875. The number of imidazole rings is 4. The summed E-state index contributed by atoms with van der Waals surface area (Å²) in [6.45, 7) is 0. The van der Waals surface area contributed by atoms with Gasteiger partial charge >= 0.3 is 0 Å². The Morgan fingerprint density at radius 1 is 0.362 bits per heavy atom. The van der Waals surface area contributed by atoms with E-state index in [1.807, 2.05) is 6.07 Å². The van der Waals surface area contributed by atoms with Gasteiger partial charge in [-0.15, -0.1) is 0 Å². The molecule has 0 aliphatic rings. The number of para-hydroxylation sites is 7. The quantitative estimate of drug-likeness (QED) is 0.202. The van der Waals surface area contributed by atoms with Crippen molar-refractivity contribution in [3.8, 4) is 17.1 Å². The van der Waals surface area contributed by atoms with E-state index in [0.29, 0.717) is 0 Å². The van der Waals surface area contributed by atoms with Gasteiger partial charge in [0.05, 0.1) is 44.3 Å². The maximum absolute atomic E-state index is 5.27. The average molecular weight is 604 g/mol. The van der Waals surface area contributed by atoms with Gasteiger partial charge in [-0.2, -0.15) is 0 Å². The van der Waals surface area contributed by atoms with E-state index in [-0.39, 0.29) is 0 Å². The van der Waals surface area contributed by atoms with Crippen LogP contribution in [0.4, 0.5) is 0 Å². The van der Waals surface area contributed by atoms with Crippen LogP contribution in [0.1, 0.15) is 0 Å². The van der Waals surface area contributed by atoms with Crippen molar-refractivity contribution in [1.29, 1.82) is 0 Å². The molecule has 0 fully saturated rings. The van der Waals surface area contributed by atoms with Crippen LogP contribution >= 0.6 is 0 Å². The van der Waals surface area contributed by atoms with Crippen molar-refractivity contribution in [3.63, 3.8) is 0 Å². The molecule has 0 N–H and O–H groups in total. The molecule has 0 radical (unpaired) electrons. The first-order chi connectivity index (χ1) is 23.3. The fraction of sp³-hybridized carbons (Fsp3) is 0. The third-order valence-electron chi connectivity index (χ3n) is 9.47. The lowest BCUT2D eigenvalue weighted by Gasteiger charge is -2.08.